The minimum absolute atomic E-state index is 0.0724. The third-order valence-corrected chi connectivity index (χ3v) is 8.10. The highest BCUT2D eigenvalue weighted by Crippen LogP contribution is 2.33. The van der Waals surface area contributed by atoms with Crippen LogP contribution in [0.15, 0.2) is 116 Å². The van der Waals surface area contributed by atoms with Crippen molar-refractivity contribution in [1.29, 1.82) is 0 Å². The molecule has 1 amide bonds. The number of ether oxygens (including phenoxy) is 2. The van der Waals surface area contributed by atoms with Crippen molar-refractivity contribution >= 4 is 16.7 Å². The van der Waals surface area contributed by atoms with Crippen molar-refractivity contribution < 1.29 is 19.4 Å². The van der Waals surface area contributed by atoms with Gasteiger partial charge in [-0.05, 0) is 53.6 Å². The van der Waals surface area contributed by atoms with Gasteiger partial charge in [0.05, 0.1) is 11.7 Å². The molecule has 224 valence electrons. The van der Waals surface area contributed by atoms with Crippen molar-refractivity contribution in [2.45, 2.75) is 31.7 Å². The number of piperidine rings is 1. The molecule has 7 nitrogen and oxygen atoms in total. The van der Waals surface area contributed by atoms with Crippen molar-refractivity contribution in [3.05, 3.63) is 138 Å². The summed E-state index contributed by atoms with van der Waals surface area (Å²) in [5, 5.41) is 15.3. The van der Waals surface area contributed by atoms with Gasteiger partial charge in [-0.3, -0.25) is 9.78 Å². The van der Waals surface area contributed by atoms with Crippen LogP contribution in [0.5, 0.6) is 11.5 Å². The van der Waals surface area contributed by atoms with Crippen LogP contribution >= 0.6 is 0 Å². The molecule has 1 aliphatic rings. The largest absolute Gasteiger partial charge is 0.507 e. The van der Waals surface area contributed by atoms with Gasteiger partial charge in [-0.25, -0.2) is 0 Å². The van der Waals surface area contributed by atoms with Gasteiger partial charge in [0.1, 0.15) is 24.2 Å². The highest BCUT2D eigenvalue weighted by molar-refractivity contribution is 6.02. The van der Waals surface area contributed by atoms with Crippen LogP contribution in [-0.2, 0) is 11.3 Å². The van der Waals surface area contributed by atoms with Crippen LogP contribution in [0.3, 0.4) is 0 Å². The van der Waals surface area contributed by atoms with Crippen molar-refractivity contribution in [1.82, 2.24) is 15.2 Å². The Morgan fingerprint density at radius 1 is 0.909 bits per heavy atom. The summed E-state index contributed by atoms with van der Waals surface area (Å²) in [5.41, 5.74) is 3.52. The molecule has 0 spiro atoms. The number of carbonyl (C=O) groups is 1. The van der Waals surface area contributed by atoms with E-state index in [4.69, 9.17) is 9.47 Å². The van der Waals surface area contributed by atoms with Crippen LogP contribution in [-0.4, -0.2) is 53.2 Å². The van der Waals surface area contributed by atoms with Gasteiger partial charge < -0.3 is 24.8 Å². The van der Waals surface area contributed by atoms with Crippen LogP contribution in [0.1, 0.15) is 46.0 Å². The number of aromatic nitrogens is 1. The molecular weight excluding hydrogens is 550 g/mol. The van der Waals surface area contributed by atoms with Crippen LogP contribution < -0.4 is 10.1 Å². The molecule has 4 aromatic carbocycles. The molecule has 0 bridgehead atoms. The van der Waals surface area contributed by atoms with Crippen molar-refractivity contribution in [3.8, 4) is 11.5 Å². The summed E-state index contributed by atoms with van der Waals surface area (Å²) in [6, 6.07) is 33.6. The summed E-state index contributed by atoms with van der Waals surface area (Å²) in [4.78, 5) is 19.5. The SMILES string of the molecule is O=C(NCCN1CCC(OC(c2ccccc2)c2ccccc2)CC1)c1cc2cccc(OCc3cccnc3)c2cc1O. The first-order valence-corrected chi connectivity index (χ1v) is 15.2. The van der Waals surface area contributed by atoms with E-state index in [1.54, 1.807) is 24.5 Å². The summed E-state index contributed by atoms with van der Waals surface area (Å²) in [6.45, 7) is 3.40. The average molecular weight is 588 g/mol. The second-order valence-electron chi connectivity index (χ2n) is 11.1. The average Bonchev–Trinajstić information content (AvgIpc) is 3.08. The summed E-state index contributed by atoms with van der Waals surface area (Å²) in [5.74, 6) is 0.273. The molecule has 1 saturated heterocycles. The van der Waals surface area contributed by atoms with Crippen LogP contribution in [0.25, 0.3) is 10.8 Å². The van der Waals surface area contributed by atoms with Crippen LogP contribution in [0.4, 0.5) is 0 Å². The lowest BCUT2D eigenvalue weighted by molar-refractivity contribution is -0.0267. The molecule has 0 aliphatic carbocycles. The summed E-state index contributed by atoms with van der Waals surface area (Å²) >= 11 is 0. The Bertz CT molecular complexity index is 1620. The molecule has 0 radical (unpaired) electrons. The normalized spacial score (nSPS) is 14.1. The molecule has 5 aromatic rings. The molecule has 0 saturated carbocycles. The zero-order valence-electron chi connectivity index (χ0n) is 24.6. The fourth-order valence-corrected chi connectivity index (χ4v) is 5.73. The van der Waals surface area contributed by atoms with E-state index in [2.05, 4.69) is 63.7 Å². The quantitative estimate of drug-likeness (QED) is 0.183. The molecule has 0 unspecified atom stereocenters. The Kier molecular flexibility index (Phi) is 9.45. The lowest BCUT2D eigenvalue weighted by atomic mass is 10.00. The number of nitrogens with one attached hydrogen (secondary N) is 1. The zero-order chi connectivity index (χ0) is 30.1. The van der Waals surface area contributed by atoms with Gasteiger partial charge in [0.2, 0.25) is 0 Å². The number of fused-ring (bicyclic) bond motifs is 1. The van der Waals surface area contributed by atoms with Crippen molar-refractivity contribution in [3.63, 3.8) is 0 Å². The minimum Gasteiger partial charge on any atom is -0.507 e. The highest BCUT2D eigenvalue weighted by Gasteiger charge is 2.25. The topological polar surface area (TPSA) is 83.9 Å². The van der Waals surface area contributed by atoms with Gasteiger partial charge in [0, 0.05) is 49.5 Å². The van der Waals surface area contributed by atoms with Gasteiger partial charge in [-0.1, -0.05) is 78.9 Å². The summed E-state index contributed by atoms with van der Waals surface area (Å²) in [6.07, 6.45) is 5.42. The van der Waals surface area contributed by atoms with Gasteiger partial charge in [0.25, 0.3) is 5.91 Å². The lowest BCUT2D eigenvalue weighted by Crippen LogP contribution is -2.41. The first-order valence-electron chi connectivity index (χ1n) is 15.2. The maximum atomic E-state index is 13.0. The van der Waals surface area contributed by atoms with E-state index in [1.807, 2.05) is 42.5 Å². The Morgan fingerprint density at radius 2 is 1.64 bits per heavy atom. The smallest absolute Gasteiger partial charge is 0.255 e. The van der Waals surface area contributed by atoms with Crippen LogP contribution in [0.2, 0.25) is 0 Å². The van der Waals surface area contributed by atoms with Gasteiger partial charge in [-0.15, -0.1) is 0 Å². The lowest BCUT2D eigenvalue weighted by Gasteiger charge is -2.34. The first-order chi connectivity index (χ1) is 21.6. The minimum atomic E-state index is -0.294. The number of aromatic hydroxyl groups is 1. The van der Waals surface area contributed by atoms with E-state index in [1.165, 1.54) is 0 Å². The molecule has 1 fully saturated rings. The second-order valence-corrected chi connectivity index (χ2v) is 11.1. The van der Waals surface area contributed by atoms with Crippen molar-refractivity contribution in [2.24, 2.45) is 0 Å². The maximum absolute atomic E-state index is 13.0. The third kappa shape index (κ3) is 7.25. The Morgan fingerprint density at radius 3 is 2.32 bits per heavy atom. The maximum Gasteiger partial charge on any atom is 0.255 e. The monoisotopic (exact) mass is 587 g/mol. The molecule has 6 rings (SSSR count). The Balaban J connectivity index is 1.00. The number of pyridine rings is 1. The van der Waals surface area contributed by atoms with E-state index in [-0.39, 0.29) is 29.4 Å². The van der Waals surface area contributed by atoms with Gasteiger partial charge in [0.15, 0.2) is 0 Å². The number of nitrogens with zero attached hydrogens (tertiary/aromatic N) is 2. The molecule has 1 aromatic heterocycles. The van der Waals surface area contributed by atoms with Crippen LogP contribution in [0, 0.1) is 0 Å². The third-order valence-electron chi connectivity index (χ3n) is 8.10. The molecule has 1 aliphatic heterocycles. The number of phenols is 1. The number of phenolic OH excluding ortho intramolecular Hbond substituents is 1. The van der Waals surface area contributed by atoms with E-state index >= 15 is 0 Å². The van der Waals surface area contributed by atoms with E-state index in [0.29, 0.717) is 18.9 Å². The molecule has 7 heteroatoms. The number of hydrogen-bond acceptors (Lipinski definition) is 6. The predicted molar refractivity (Wildman–Crippen MR) is 172 cm³/mol. The second kappa shape index (κ2) is 14.2. The predicted octanol–water partition coefficient (Wildman–Crippen LogP) is 6.52. The number of amides is 1. The standard InChI is InChI=1S/C37H37N3O4/c41-34-24-32-30(14-7-15-35(32)43-26-27-9-8-18-38-25-27)23-33(34)37(42)39-19-22-40-20-16-31(17-21-40)44-36(28-10-3-1-4-11-28)29-12-5-2-6-13-29/h1-15,18,23-25,31,36,41H,16-17,19-22,26H2,(H,39,42). The van der Waals surface area contributed by atoms with E-state index in [0.717, 1.165) is 59.9 Å². The van der Waals surface area contributed by atoms with E-state index in [9.17, 15) is 9.90 Å². The van der Waals surface area contributed by atoms with Gasteiger partial charge >= 0.3 is 0 Å². The number of likely N-dealkylation sites (tertiary alicyclic amines) is 1. The summed E-state index contributed by atoms with van der Waals surface area (Å²) in [7, 11) is 0. The highest BCUT2D eigenvalue weighted by atomic mass is 16.5. The number of carbonyl (C=O) groups excluding carboxylic acids is 1. The van der Waals surface area contributed by atoms with E-state index < -0.39 is 0 Å². The molecule has 44 heavy (non-hydrogen) atoms. The number of benzene rings is 4. The Hall–Kier alpha value is -4.72. The Labute approximate surface area is 258 Å². The molecular formula is C37H37N3O4. The number of hydrogen-bond donors (Lipinski definition) is 2. The zero-order valence-corrected chi connectivity index (χ0v) is 24.6. The fraction of sp³-hybridized carbons (Fsp3) is 0.243. The molecule has 0 atom stereocenters. The van der Waals surface area contributed by atoms with Gasteiger partial charge in [-0.2, -0.15) is 0 Å². The molecule has 2 N–H and O–H groups in total. The van der Waals surface area contributed by atoms with Crippen molar-refractivity contribution in [2.75, 3.05) is 26.2 Å². The first kappa shape index (κ1) is 29.4. The number of rotatable bonds is 11. The summed E-state index contributed by atoms with van der Waals surface area (Å²) < 4.78 is 12.7. The molecule has 2 heterocycles. The fourth-order valence-electron chi connectivity index (χ4n) is 5.73.